The van der Waals surface area contributed by atoms with Crippen molar-refractivity contribution in [2.45, 2.75) is 48.4 Å². The smallest absolute Gasteiger partial charge is 0.386 e. The number of pyridine rings is 1. The van der Waals surface area contributed by atoms with Crippen LogP contribution in [0, 0.1) is 0 Å². The number of nitrogens with zero attached hydrogens (tertiary/aromatic N) is 7. The van der Waals surface area contributed by atoms with Gasteiger partial charge in [0.05, 0.1) is 31.6 Å². The maximum absolute atomic E-state index is 13.6. The van der Waals surface area contributed by atoms with Crippen LogP contribution in [-0.2, 0) is 36.7 Å². The predicted molar refractivity (Wildman–Crippen MR) is 160 cm³/mol. The molecule has 3 aliphatic heterocycles. The molecule has 7 heterocycles. The quantitative estimate of drug-likeness (QED) is 0.114. The number of ether oxygens (including phenoxy) is 2. The van der Waals surface area contributed by atoms with E-state index in [1.165, 1.54) is 34.3 Å². The first kappa shape index (κ1) is 30.6. The molecule has 0 spiro atoms. The van der Waals surface area contributed by atoms with Gasteiger partial charge in [0.25, 0.3) is 0 Å². The first-order valence-corrected chi connectivity index (χ1v) is 18.7. The van der Waals surface area contributed by atoms with Crippen molar-refractivity contribution in [3.8, 4) is 0 Å². The van der Waals surface area contributed by atoms with Crippen LogP contribution in [0.2, 0.25) is 0 Å². The van der Waals surface area contributed by atoms with Crippen LogP contribution < -0.4 is 11.5 Å². The molecular weight excluding hydrogens is 684 g/mol. The van der Waals surface area contributed by atoms with E-state index in [9.17, 15) is 14.2 Å². The van der Waals surface area contributed by atoms with Crippen LogP contribution in [-0.4, -0.2) is 88.3 Å². The number of thiol groups is 2. The van der Waals surface area contributed by atoms with Crippen LogP contribution in [0.5, 0.6) is 0 Å². The topological polar surface area (TPSA) is 236 Å². The Morgan fingerprint density at radius 1 is 0.864 bits per heavy atom. The number of rotatable bonds is 2. The molecular formula is C21H24ClN9O9P2S2. The third-order valence-electron chi connectivity index (χ3n) is 7.32. The van der Waals surface area contributed by atoms with Gasteiger partial charge in [-0.05, 0) is 6.07 Å². The number of nitrogen functional groups attached to an aromatic ring is 2. The maximum Gasteiger partial charge on any atom is 0.386 e. The summed E-state index contributed by atoms with van der Waals surface area (Å²) in [5.41, 5.74) is 13.6. The van der Waals surface area contributed by atoms with E-state index in [1.807, 2.05) is 0 Å². The molecule has 4 aromatic rings. The number of aromatic nitrogens is 7. The fourth-order valence-electron chi connectivity index (χ4n) is 5.27. The standard InChI is InChI=1S/C21H24ClN9O9P2S2/c22-11-15-10(38-20(11)30-6-28-12-8(23)1-2-25-18(12)30)4-36-42(34,44)40-16-14(32)9(3-35-41(33,43)39-15)37-21(16)31-7-29-13-17(24)26-5-27-19(13)31/h1-2,5-7,9-11,14-16,20-21,32H,3-4H2,(H2,23,25)(H,33,43)(H,34,44)(H2,24,26,27)/t9-,10-,11-,14-,15-,16-,20-,21-,41?,42?/m1/s1. The molecule has 3 aliphatic rings. The van der Waals surface area contributed by atoms with Gasteiger partial charge in [-0.2, -0.15) is 0 Å². The Morgan fingerprint density at radius 2 is 1.48 bits per heavy atom. The van der Waals surface area contributed by atoms with Gasteiger partial charge in [-0.25, -0.2) is 34.0 Å². The van der Waals surface area contributed by atoms with Crippen LogP contribution in [0.25, 0.3) is 22.3 Å². The molecule has 0 aromatic carbocycles. The van der Waals surface area contributed by atoms with Crippen molar-refractivity contribution in [3.05, 3.63) is 31.2 Å². The Hall–Kier alpha value is -2.06. The summed E-state index contributed by atoms with van der Waals surface area (Å²) < 4.78 is 64.8. The molecule has 23 heteroatoms. The fraction of sp³-hybridized carbons (Fsp3) is 0.476. The van der Waals surface area contributed by atoms with Gasteiger partial charge >= 0.3 is 13.6 Å². The van der Waals surface area contributed by atoms with Gasteiger partial charge < -0.3 is 26.0 Å². The van der Waals surface area contributed by atoms with Gasteiger partial charge in [-0.15, -0.1) is 11.6 Å². The van der Waals surface area contributed by atoms with E-state index < -0.39 is 75.2 Å². The minimum absolute atomic E-state index is 0.105. The summed E-state index contributed by atoms with van der Waals surface area (Å²) in [7, 11) is 0. The largest absolute Gasteiger partial charge is 0.397 e. The molecule has 4 aromatic heterocycles. The number of alkyl halides is 1. The van der Waals surface area contributed by atoms with Crippen molar-refractivity contribution in [1.82, 2.24) is 34.1 Å². The number of aliphatic hydroxyl groups excluding tert-OH is 1. The summed E-state index contributed by atoms with van der Waals surface area (Å²) in [4.78, 5) is 20.9. The summed E-state index contributed by atoms with van der Waals surface area (Å²) in [6.45, 7) is -9.41. The zero-order chi connectivity index (χ0) is 31.0. The van der Waals surface area contributed by atoms with Crippen LogP contribution in [0.3, 0.4) is 0 Å². The van der Waals surface area contributed by atoms with E-state index in [4.69, 9.17) is 50.6 Å². The summed E-state index contributed by atoms with van der Waals surface area (Å²) in [6, 6.07) is 1.59. The Bertz CT molecular complexity index is 1840. The van der Waals surface area contributed by atoms with Gasteiger partial charge in [0, 0.05) is 6.20 Å². The molecule has 0 saturated carbocycles. The number of aliphatic hydroxyl groups is 1. The van der Waals surface area contributed by atoms with Crippen LogP contribution in [0.15, 0.2) is 31.2 Å². The molecule has 2 unspecified atom stereocenters. The van der Waals surface area contributed by atoms with Crippen molar-refractivity contribution in [2.24, 2.45) is 0 Å². The van der Waals surface area contributed by atoms with Gasteiger partial charge in [0.1, 0.15) is 53.3 Å². The van der Waals surface area contributed by atoms with Crippen molar-refractivity contribution in [2.75, 3.05) is 24.7 Å². The molecule has 10 atom stereocenters. The highest BCUT2D eigenvalue weighted by atomic mass is 35.5. The second kappa shape index (κ2) is 11.3. The molecule has 0 radical (unpaired) electrons. The first-order chi connectivity index (χ1) is 20.9. The highest BCUT2D eigenvalue weighted by molar-refractivity contribution is 8.44. The highest BCUT2D eigenvalue weighted by Gasteiger charge is 2.53. The Labute approximate surface area is 263 Å². The second-order valence-corrected chi connectivity index (χ2v) is 16.3. The summed E-state index contributed by atoms with van der Waals surface area (Å²) in [5.74, 6) is 0.105. The number of hydrogen-bond acceptors (Lipinski definition) is 16. The normalized spacial score (nSPS) is 38.3. The number of imidazole rings is 2. The van der Waals surface area contributed by atoms with E-state index in [0.29, 0.717) is 16.9 Å². The van der Waals surface area contributed by atoms with Crippen molar-refractivity contribution < 1.29 is 41.8 Å². The van der Waals surface area contributed by atoms with E-state index in [1.54, 1.807) is 6.07 Å². The van der Waals surface area contributed by atoms with Crippen LogP contribution in [0.4, 0.5) is 11.5 Å². The van der Waals surface area contributed by atoms with Crippen molar-refractivity contribution in [1.29, 1.82) is 0 Å². The van der Waals surface area contributed by atoms with E-state index in [-0.39, 0.29) is 17.0 Å². The predicted octanol–water partition coefficient (Wildman–Crippen LogP) is 2.09. The zero-order valence-electron chi connectivity index (χ0n) is 22.1. The lowest BCUT2D eigenvalue weighted by Crippen LogP contribution is -2.35. The number of fused-ring (bicyclic) bond motifs is 5. The fourth-order valence-corrected chi connectivity index (χ4v) is 8.69. The molecule has 3 fully saturated rings. The number of nitrogens with two attached hydrogens (primary N) is 2. The minimum atomic E-state index is -4.26. The van der Waals surface area contributed by atoms with Gasteiger partial charge in [-0.3, -0.25) is 27.2 Å². The molecule has 7 rings (SSSR count). The average molecular weight is 708 g/mol. The Balaban J connectivity index is 1.20. The second-order valence-electron chi connectivity index (χ2n) is 10.0. The minimum Gasteiger partial charge on any atom is -0.397 e. The van der Waals surface area contributed by atoms with E-state index in [0.717, 1.165) is 0 Å². The molecule has 44 heavy (non-hydrogen) atoms. The Morgan fingerprint density at radius 3 is 2.23 bits per heavy atom. The molecule has 0 aliphatic carbocycles. The van der Waals surface area contributed by atoms with E-state index in [2.05, 4.69) is 49.4 Å². The summed E-state index contributed by atoms with van der Waals surface area (Å²) in [6.07, 6.45) is -2.92. The third kappa shape index (κ3) is 5.40. The Kier molecular flexibility index (Phi) is 7.87. The van der Waals surface area contributed by atoms with Gasteiger partial charge in [0.2, 0.25) is 0 Å². The summed E-state index contributed by atoms with van der Waals surface area (Å²) in [5, 5.41) is 10.1. The molecule has 0 amide bonds. The van der Waals surface area contributed by atoms with Gasteiger partial charge in [-0.1, -0.05) is 24.5 Å². The van der Waals surface area contributed by atoms with Crippen molar-refractivity contribution >= 4 is 83.5 Å². The molecule has 3 saturated heterocycles. The monoisotopic (exact) mass is 707 g/mol. The summed E-state index contributed by atoms with van der Waals surface area (Å²) >= 11 is 15.1. The number of halogens is 1. The third-order valence-corrected chi connectivity index (χ3v) is 11.0. The lowest BCUT2D eigenvalue weighted by atomic mass is 10.1. The van der Waals surface area contributed by atoms with Gasteiger partial charge in [0.15, 0.2) is 29.6 Å². The zero-order valence-corrected chi connectivity index (χ0v) is 26.4. The molecule has 5 N–H and O–H groups in total. The van der Waals surface area contributed by atoms with Crippen LogP contribution >= 0.6 is 49.7 Å². The van der Waals surface area contributed by atoms with E-state index >= 15 is 0 Å². The lowest BCUT2D eigenvalue weighted by Gasteiger charge is -2.26. The number of anilines is 2. The first-order valence-electron chi connectivity index (χ1n) is 12.9. The molecule has 2 bridgehead atoms. The number of hydrogen-bond donors (Lipinski definition) is 5. The van der Waals surface area contributed by atoms with Crippen molar-refractivity contribution in [3.63, 3.8) is 0 Å². The molecule has 236 valence electrons. The average Bonchev–Trinajstić information content (AvgIpc) is 3.73. The molecule has 18 nitrogen and oxygen atoms in total. The van der Waals surface area contributed by atoms with Crippen LogP contribution in [0.1, 0.15) is 12.5 Å². The highest BCUT2D eigenvalue weighted by Crippen LogP contribution is 2.60. The SMILES string of the molecule is Nc1ccnc2c1ncn2[C@@H]1O[C@@H]2COP(=O)(S)O[C@@H]3[C@H](O)[C@@H](COP(=O)(S)O[C@H]2[C@H]1Cl)O[C@H]3n1cnc2c(N)ncnc21. The maximum atomic E-state index is 13.6. The lowest BCUT2D eigenvalue weighted by molar-refractivity contribution is -0.0565.